The van der Waals surface area contributed by atoms with Crippen molar-refractivity contribution in [3.8, 4) is 5.75 Å². The summed E-state index contributed by atoms with van der Waals surface area (Å²) < 4.78 is 5.51. The topological polar surface area (TPSA) is 41.5 Å². The lowest BCUT2D eigenvalue weighted by molar-refractivity contribution is 0.104. The highest BCUT2D eigenvalue weighted by atomic mass is 35.5. The van der Waals surface area contributed by atoms with Crippen molar-refractivity contribution in [3.63, 3.8) is 0 Å². The third-order valence-electron chi connectivity index (χ3n) is 3.30. The van der Waals surface area contributed by atoms with Crippen LogP contribution >= 0.6 is 23.2 Å². The van der Waals surface area contributed by atoms with E-state index in [1.807, 2.05) is 43.3 Å². The van der Waals surface area contributed by atoms with Crippen LogP contribution in [-0.4, -0.2) is 24.4 Å². The van der Waals surface area contributed by atoms with Gasteiger partial charge < -0.3 is 15.2 Å². The summed E-state index contributed by atoms with van der Waals surface area (Å²) in [4.78, 5) is 0. The number of aliphatic hydroxyl groups excluding tert-OH is 1. The summed E-state index contributed by atoms with van der Waals surface area (Å²) in [7, 11) is 0. The summed E-state index contributed by atoms with van der Waals surface area (Å²) in [5.41, 5.74) is 1.00. The zero-order chi connectivity index (χ0) is 15.9. The maximum Gasteiger partial charge on any atom is 0.138 e. The second-order valence-electron chi connectivity index (χ2n) is 5.05. The molecule has 118 valence electrons. The second kappa shape index (κ2) is 8.39. The summed E-state index contributed by atoms with van der Waals surface area (Å²) >= 11 is 12.1. The molecule has 0 fully saturated rings. The van der Waals surface area contributed by atoms with E-state index < -0.39 is 6.10 Å². The van der Waals surface area contributed by atoms with Crippen LogP contribution in [0.1, 0.15) is 18.5 Å². The van der Waals surface area contributed by atoms with Gasteiger partial charge in [-0.3, -0.25) is 0 Å². The van der Waals surface area contributed by atoms with Gasteiger partial charge in [-0.15, -0.1) is 0 Å². The highest BCUT2D eigenvalue weighted by Gasteiger charge is 2.12. The van der Waals surface area contributed by atoms with E-state index in [1.54, 1.807) is 12.1 Å². The maximum atomic E-state index is 10.0. The predicted octanol–water partition coefficient (Wildman–Crippen LogP) is 4.08. The molecule has 0 aliphatic heterocycles. The summed E-state index contributed by atoms with van der Waals surface area (Å²) in [5.74, 6) is 0.572. The minimum atomic E-state index is -0.638. The lowest BCUT2D eigenvalue weighted by Gasteiger charge is -2.19. The smallest absolute Gasteiger partial charge is 0.138 e. The minimum Gasteiger partial charge on any atom is -0.489 e. The monoisotopic (exact) mass is 339 g/mol. The van der Waals surface area contributed by atoms with E-state index in [4.69, 9.17) is 27.9 Å². The number of para-hydroxylation sites is 1. The highest BCUT2D eigenvalue weighted by Crippen LogP contribution is 2.23. The van der Waals surface area contributed by atoms with Gasteiger partial charge in [0.15, 0.2) is 0 Å². The van der Waals surface area contributed by atoms with Gasteiger partial charge >= 0.3 is 0 Å². The van der Waals surface area contributed by atoms with Crippen LogP contribution in [0, 0.1) is 0 Å². The number of ether oxygens (including phenoxy) is 1. The Morgan fingerprint density at radius 2 is 1.68 bits per heavy atom. The number of rotatable bonds is 7. The van der Waals surface area contributed by atoms with Crippen molar-refractivity contribution in [1.82, 2.24) is 5.32 Å². The average molecular weight is 340 g/mol. The normalized spacial score (nSPS) is 13.6. The lowest BCUT2D eigenvalue weighted by atomic mass is 10.1. The molecule has 0 spiro atoms. The molecule has 2 rings (SSSR count). The molecule has 0 bridgehead atoms. The number of halogens is 2. The van der Waals surface area contributed by atoms with Crippen LogP contribution in [0.15, 0.2) is 48.5 Å². The number of benzene rings is 2. The third-order valence-corrected chi connectivity index (χ3v) is 3.96. The highest BCUT2D eigenvalue weighted by molar-refractivity contribution is 6.32. The van der Waals surface area contributed by atoms with Gasteiger partial charge in [0.25, 0.3) is 0 Å². The Kier molecular flexibility index (Phi) is 6.52. The molecule has 5 heteroatoms. The molecule has 0 saturated heterocycles. The Morgan fingerprint density at radius 3 is 2.36 bits per heavy atom. The fourth-order valence-corrected chi connectivity index (χ4v) is 2.55. The molecule has 0 radical (unpaired) electrons. The van der Waals surface area contributed by atoms with Crippen LogP contribution in [0.25, 0.3) is 0 Å². The fourth-order valence-electron chi connectivity index (χ4n) is 2.06. The molecule has 22 heavy (non-hydrogen) atoms. The molecule has 2 aromatic rings. The molecular formula is C17H19Cl2NO2. The summed E-state index contributed by atoms with van der Waals surface area (Å²) in [6, 6.07) is 14.9. The minimum absolute atomic E-state index is 0.0451. The van der Waals surface area contributed by atoms with Gasteiger partial charge in [0.2, 0.25) is 0 Å². The Bertz CT molecular complexity index is 607. The molecule has 2 atom stereocenters. The quantitative estimate of drug-likeness (QED) is 0.798. The molecule has 0 amide bonds. The molecular weight excluding hydrogens is 321 g/mol. The number of aliphatic hydroxyl groups is 1. The summed E-state index contributed by atoms with van der Waals surface area (Å²) in [6.45, 7) is 2.58. The van der Waals surface area contributed by atoms with Crippen molar-refractivity contribution in [2.75, 3.05) is 13.2 Å². The first-order chi connectivity index (χ1) is 10.6. The Balaban J connectivity index is 1.79. The van der Waals surface area contributed by atoms with Gasteiger partial charge in [-0.25, -0.2) is 0 Å². The van der Waals surface area contributed by atoms with Crippen LogP contribution < -0.4 is 10.1 Å². The molecule has 2 N–H and O–H groups in total. The first kappa shape index (κ1) is 17.1. The van der Waals surface area contributed by atoms with Crippen molar-refractivity contribution in [2.45, 2.75) is 19.1 Å². The average Bonchev–Trinajstić information content (AvgIpc) is 2.52. The molecule has 0 aliphatic rings. The van der Waals surface area contributed by atoms with Crippen molar-refractivity contribution in [1.29, 1.82) is 0 Å². The molecule has 2 unspecified atom stereocenters. The van der Waals surface area contributed by atoms with Gasteiger partial charge in [0.05, 0.1) is 5.02 Å². The van der Waals surface area contributed by atoms with Crippen LogP contribution in [0.5, 0.6) is 5.75 Å². The molecule has 0 aromatic heterocycles. The third kappa shape index (κ3) is 4.89. The standard InChI is InChI=1S/C17H19Cl2NO2/c1-12(14-6-2-3-7-15(14)18)20-10-13(21)11-22-17-9-5-4-8-16(17)19/h2-9,12-13,20-21H,10-11H2,1H3. The van der Waals surface area contributed by atoms with Crippen LogP contribution in [-0.2, 0) is 0 Å². The van der Waals surface area contributed by atoms with E-state index in [9.17, 15) is 5.11 Å². The van der Waals surface area contributed by atoms with Crippen LogP contribution in [0.2, 0.25) is 10.0 Å². The molecule has 0 aliphatic carbocycles. The zero-order valence-electron chi connectivity index (χ0n) is 12.3. The molecule has 0 heterocycles. The van der Waals surface area contributed by atoms with E-state index >= 15 is 0 Å². The lowest BCUT2D eigenvalue weighted by Crippen LogP contribution is -2.33. The summed E-state index contributed by atoms with van der Waals surface area (Å²) in [6.07, 6.45) is -0.638. The molecule has 2 aromatic carbocycles. The van der Waals surface area contributed by atoms with Crippen molar-refractivity contribution in [2.24, 2.45) is 0 Å². The summed E-state index contributed by atoms with van der Waals surface area (Å²) in [5, 5.41) is 14.5. The van der Waals surface area contributed by atoms with Gasteiger partial charge in [0.1, 0.15) is 18.5 Å². The van der Waals surface area contributed by atoms with E-state index in [0.717, 1.165) is 5.56 Å². The second-order valence-corrected chi connectivity index (χ2v) is 5.86. The maximum absolute atomic E-state index is 10.0. The van der Waals surface area contributed by atoms with Crippen molar-refractivity contribution >= 4 is 23.2 Å². The van der Waals surface area contributed by atoms with Gasteiger partial charge in [-0.1, -0.05) is 53.5 Å². The van der Waals surface area contributed by atoms with Gasteiger partial charge in [-0.05, 0) is 30.7 Å². The van der Waals surface area contributed by atoms with E-state index in [0.29, 0.717) is 22.3 Å². The van der Waals surface area contributed by atoms with Crippen molar-refractivity contribution < 1.29 is 9.84 Å². The SMILES string of the molecule is CC(NCC(O)COc1ccccc1Cl)c1ccccc1Cl. The van der Waals surface area contributed by atoms with E-state index in [1.165, 1.54) is 0 Å². The number of hydrogen-bond acceptors (Lipinski definition) is 3. The Labute approximate surface area is 140 Å². The van der Waals surface area contributed by atoms with Crippen LogP contribution in [0.3, 0.4) is 0 Å². The zero-order valence-corrected chi connectivity index (χ0v) is 13.8. The largest absolute Gasteiger partial charge is 0.489 e. The van der Waals surface area contributed by atoms with Gasteiger partial charge in [0, 0.05) is 17.6 Å². The molecule has 0 saturated carbocycles. The predicted molar refractivity (Wildman–Crippen MR) is 90.8 cm³/mol. The molecule has 3 nitrogen and oxygen atoms in total. The number of hydrogen-bond donors (Lipinski definition) is 2. The Morgan fingerprint density at radius 1 is 1.05 bits per heavy atom. The number of nitrogens with one attached hydrogen (secondary N) is 1. The van der Waals surface area contributed by atoms with E-state index in [2.05, 4.69) is 5.32 Å². The van der Waals surface area contributed by atoms with Crippen LogP contribution in [0.4, 0.5) is 0 Å². The first-order valence-electron chi connectivity index (χ1n) is 7.11. The first-order valence-corrected chi connectivity index (χ1v) is 7.86. The van der Waals surface area contributed by atoms with Gasteiger partial charge in [-0.2, -0.15) is 0 Å². The fraction of sp³-hybridized carbons (Fsp3) is 0.294. The Hall–Kier alpha value is -1.26. The van der Waals surface area contributed by atoms with Crippen molar-refractivity contribution in [3.05, 3.63) is 64.1 Å². The van der Waals surface area contributed by atoms with E-state index in [-0.39, 0.29) is 12.6 Å².